The molecule has 0 unspecified atom stereocenters. The molecule has 1 N–H and O–H groups in total. The number of likely N-dealkylation sites (N-methyl/N-ethyl adjacent to an activating group) is 3. The standard InChI is InChI=1S/C35H45N4O/c1-12-38-29-18-31-27(16-25(29)22(3)20-34(38,6)7)33(24(5)37(11)15-14-36-10)28-17-26-23(4)21-35(8,9)39(13-2)30(26)19-32(28)40-31/h14-21,36H,5,12-13H2,1-4,6-11H3/q+1/b15-14-. The summed E-state index contributed by atoms with van der Waals surface area (Å²) < 4.78 is 9.31. The van der Waals surface area contributed by atoms with E-state index in [1.807, 2.05) is 26.5 Å². The van der Waals surface area contributed by atoms with Crippen LogP contribution in [0.2, 0.25) is 0 Å². The van der Waals surface area contributed by atoms with E-state index >= 15 is 0 Å². The normalized spacial score (nSPS) is 18.2. The first-order valence-electron chi connectivity index (χ1n) is 14.5. The Kier molecular flexibility index (Phi) is 6.76. The van der Waals surface area contributed by atoms with Gasteiger partial charge in [0.1, 0.15) is 18.0 Å². The van der Waals surface area contributed by atoms with Gasteiger partial charge in [-0.2, -0.15) is 0 Å². The van der Waals surface area contributed by atoms with Gasteiger partial charge in [-0.05, 0) is 70.9 Å². The van der Waals surface area contributed by atoms with Gasteiger partial charge in [-0.25, -0.2) is 4.58 Å². The Balaban J connectivity index is 1.87. The number of nitrogens with zero attached hydrogens (tertiary/aromatic N) is 3. The maximum Gasteiger partial charge on any atom is 0.211 e. The van der Waals surface area contributed by atoms with Gasteiger partial charge in [-0.15, -0.1) is 0 Å². The fraction of sp³-hybridized carbons (Fsp3) is 0.400. The van der Waals surface area contributed by atoms with Crippen LogP contribution in [0.5, 0.6) is 11.5 Å². The highest BCUT2D eigenvalue weighted by Crippen LogP contribution is 2.46. The van der Waals surface area contributed by atoms with Crippen LogP contribution in [-0.2, 0) is 0 Å². The van der Waals surface area contributed by atoms with Gasteiger partial charge in [0.25, 0.3) is 0 Å². The van der Waals surface area contributed by atoms with Gasteiger partial charge in [0, 0.05) is 91.8 Å². The molecule has 40 heavy (non-hydrogen) atoms. The fourth-order valence-electron chi connectivity index (χ4n) is 6.95. The van der Waals surface area contributed by atoms with Crippen molar-refractivity contribution in [3.05, 3.63) is 88.4 Å². The predicted octanol–water partition coefficient (Wildman–Crippen LogP) is 5.86. The summed E-state index contributed by atoms with van der Waals surface area (Å²) in [4.78, 5) is 4.55. The Bertz CT molecular complexity index is 1630. The number of hydrogen-bond acceptors (Lipinski definition) is 4. The van der Waals surface area contributed by atoms with E-state index in [1.165, 1.54) is 33.3 Å². The first-order valence-corrected chi connectivity index (χ1v) is 14.5. The third-order valence-electron chi connectivity index (χ3n) is 8.73. The molecule has 3 heterocycles. The van der Waals surface area contributed by atoms with Crippen molar-refractivity contribution in [2.75, 3.05) is 32.1 Å². The lowest BCUT2D eigenvalue weighted by atomic mass is 9.85. The van der Waals surface area contributed by atoms with Crippen LogP contribution in [0.25, 0.3) is 16.7 Å². The first-order chi connectivity index (χ1) is 18.8. The Hall–Kier alpha value is -3.73. The van der Waals surface area contributed by atoms with Crippen LogP contribution in [0.3, 0.4) is 0 Å². The number of allylic oxidation sites excluding steroid dienone is 3. The number of fused-ring (bicyclic) bond motifs is 4. The Labute approximate surface area is 240 Å². The fourth-order valence-corrected chi connectivity index (χ4v) is 6.95. The van der Waals surface area contributed by atoms with E-state index in [2.05, 4.69) is 118 Å². The molecule has 5 heteroatoms. The van der Waals surface area contributed by atoms with Crippen LogP contribution in [0.1, 0.15) is 72.1 Å². The van der Waals surface area contributed by atoms with Crippen LogP contribution in [0.4, 0.5) is 5.69 Å². The molecule has 0 aliphatic carbocycles. The minimum absolute atomic E-state index is 0.0723. The molecule has 0 radical (unpaired) electrons. The lowest BCUT2D eigenvalue weighted by Crippen LogP contribution is -2.49. The molecule has 0 fully saturated rings. The highest BCUT2D eigenvalue weighted by atomic mass is 16.5. The van der Waals surface area contributed by atoms with E-state index in [0.29, 0.717) is 0 Å². The SMILES string of the molecule is C=C(C1=c2cc3c(cc2Oc2cc4c(cc21)C(C)=CC(C)(C)N4CC)=[N+](CC)C(C)(C)C=C3C)N(C)/C=C\NC. The Morgan fingerprint density at radius 1 is 1.00 bits per heavy atom. The molecule has 0 saturated heterocycles. The molecule has 3 aliphatic heterocycles. The van der Waals surface area contributed by atoms with Crippen molar-refractivity contribution < 1.29 is 4.74 Å². The van der Waals surface area contributed by atoms with Gasteiger partial charge in [0.05, 0.1) is 11.6 Å². The van der Waals surface area contributed by atoms with Gasteiger partial charge >= 0.3 is 0 Å². The average Bonchev–Trinajstić information content (AvgIpc) is 2.88. The van der Waals surface area contributed by atoms with E-state index in [-0.39, 0.29) is 11.1 Å². The molecule has 5 rings (SSSR count). The number of nitrogens with one attached hydrogen (secondary N) is 1. The van der Waals surface area contributed by atoms with E-state index in [9.17, 15) is 0 Å². The van der Waals surface area contributed by atoms with Crippen LogP contribution in [-0.4, -0.2) is 43.2 Å². The summed E-state index contributed by atoms with van der Waals surface area (Å²) in [5.74, 6) is 1.75. The minimum Gasteiger partial charge on any atom is -0.456 e. The van der Waals surface area contributed by atoms with Crippen molar-refractivity contribution in [1.82, 2.24) is 14.8 Å². The van der Waals surface area contributed by atoms with Crippen molar-refractivity contribution in [3.63, 3.8) is 0 Å². The highest BCUT2D eigenvalue weighted by Gasteiger charge is 2.36. The van der Waals surface area contributed by atoms with Gasteiger partial charge in [-0.1, -0.05) is 12.7 Å². The lowest BCUT2D eigenvalue weighted by molar-refractivity contribution is 0.399. The van der Waals surface area contributed by atoms with Crippen molar-refractivity contribution >= 4 is 22.4 Å². The zero-order chi connectivity index (χ0) is 29.1. The number of anilines is 1. The van der Waals surface area contributed by atoms with Gasteiger partial charge in [-0.3, -0.25) is 0 Å². The predicted molar refractivity (Wildman–Crippen MR) is 170 cm³/mol. The molecule has 2 aromatic carbocycles. The molecule has 0 atom stereocenters. The maximum atomic E-state index is 6.84. The highest BCUT2D eigenvalue weighted by molar-refractivity contribution is 5.91. The number of rotatable bonds is 6. The maximum absolute atomic E-state index is 6.84. The summed E-state index contributed by atoms with van der Waals surface area (Å²) in [6, 6.07) is 9.13. The summed E-state index contributed by atoms with van der Waals surface area (Å²) in [7, 11) is 3.96. The summed E-state index contributed by atoms with van der Waals surface area (Å²) >= 11 is 0. The average molecular weight is 538 g/mol. The molecule has 0 bridgehead atoms. The zero-order valence-electron chi connectivity index (χ0n) is 26.0. The summed E-state index contributed by atoms with van der Waals surface area (Å²) in [6.07, 6.45) is 8.70. The monoisotopic (exact) mass is 537 g/mol. The minimum atomic E-state index is -0.0723. The Morgan fingerprint density at radius 2 is 1.70 bits per heavy atom. The van der Waals surface area contributed by atoms with Crippen molar-refractivity contribution in [2.24, 2.45) is 0 Å². The van der Waals surface area contributed by atoms with Crippen molar-refractivity contribution in [2.45, 2.75) is 66.5 Å². The molecule has 2 aromatic rings. The topological polar surface area (TPSA) is 30.8 Å². The van der Waals surface area contributed by atoms with Crippen LogP contribution < -0.4 is 30.1 Å². The third kappa shape index (κ3) is 4.27. The van der Waals surface area contributed by atoms with Gasteiger partial charge in [0.2, 0.25) is 5.36 Å². The van der Waals surface area contributed by atoms with Crippen LogP contribution >= 0.6 is 0 Å². The van der Waals surface area contributed by atoms with Crippen molar-refractivity contribution in [3.8, 4) is 11.5 Å². The third-order valence-corrected chi connectivity index (χ3v) is 8.73. The second-order valence-electron chi connectivity index (χ2n) is 12.3. The number of ether oxygens (including phenoxy) is 1. The number of hydrogen-bond donors (Lipinski definition) is 1. The molecule has 210 valence electrons. The molecule has 3 aliphatic rings. The van der Waals surface area contributed by atoms with Gasteiger partial charge in [0.15, 0.2) is 5.54 Å². The van der Waals surface area contributed by atoms with E-state index in [1.54, 1.807) is 0 Å². The van der Waals surface area contributed by atoms with Crippen LogP contribution in [0, 0.1) is 0 Å². The lowest BCUT2D eigenvalue weighted by Gasteiger charge is -2.43. The quantitative estimate of drug-likeness (QED) is 0.468. The second-order valence-corrected chi connectivity index (χ2v) is 12.3. The second kappa shape index (κ2) is 9.72. The van der Waals surface area contributed by atoms with E-state index < -0.39 is 0 Å². The summed E-state index contributed by atoms with van der Waals surface area (Å²) in [5.41, 5.74) is 9.25. The zero-order valence-corrected chi connectivity index (χ0v) is 26.0. The molecule has 0 aromatic heterocycles. The molecule has 0 spiro atoms. The first kappa shape index (κ1) is 27.8. The molecule has 0 saturated carbocycles. The van der Waals surface area contributed by atoms with E-state index in [0.717, 1.165) is 46.6 Å². The summed E-state index contributed by atoms with van der Waals surface area (Å²) in [6.45, 7) is 24.5. The van der Waals surface area contributed by atoms with Crippen molar-refractivity contribution in [1.29, 1.82) is 0 Å². The van der Waals surface area contributed by atoms with Gasteiger partial charge < -0.3 is 19.9 Å². The van der Waals surface area contributed by atoms with E-state index in [4.69, 9.17) is 4.74 Å². The number of benzene rings is 2. The Morgan fingerprint density at radius 3 is 2.35 bits per heavy atom. The molecule has 5 nitrogen and oxygen atoms in total. The smallest absolute Gasteiger partial charge is 0.211 e. The molecular weight excluding hydrogens is 492 g/mol. The molecular formula is C35H45N4O+. The molecule has 0 amide bonds. The largest absolute Gasteiger partial charge is 0.456 e. The summed E-state index contributed by atoms with van der Waals surface area (Å²) in [5, 5.41) is 5.40. The van der Waals surface area contributed by atoms with Crippen LogP contribution in [0.15, 0.2) is 61.1 Å².